The van der Waals surface area contributed by atoms with Crippen molar-refractivity contribution in [3.05, 3.63) is 63.6 Å². The molecule has 2 aliphatic rings. The lowest BCUT2D eigenvalue weighted by molar-refractivity contribution is -0.304. The molecule has 2 atom stereocenters. The maximum Gasteiger partial charge on any atom is 0.256 e. The van der Waals surface area contributed by atoms with Crippen LogP contribution in [-0.2, 0) is 10.0 Å². The van der Waals surface area contributed by atoms with Crippen molar-refractivity contribution in [2.24, 2.45) is 5.41 Å². The minimum Gasteiger partial charge on any atom is -0.221 e. The molecule has 29 heavy (non-hydrogen) atoms. The topological polar surface area (TPSA) is 61.4 Å². The number of aryl methyl sites for hydroxylation is 1. The fourth-order valence-corrected chi connectivity index (χ4v) is 5.49. The predicted molar refractivity (Wildman–Crippen MR) is 107 cm³/mol. The van der Waals surface area contributed by atoms with Gasteiger partial charge in [0.2, 0.25) is 0 Å². The van der Waals surface area contributed by atoms with Crippen molar-refractivity contribution >= 4 is 33.2 Å². The van der Waals surface area contributed by atoms with Gasteiger partial charge in [0, 0.05) is 28.6 Å². The van der Waals surface area contributed by atoms with E-state index in [2.05, 4.69) is 10.4 Å². The standard InChI is InChI=1S/C19H19Cl2F2N3O2S/c1-12-5-7-13(8-6-12)29(27,28)25-24-26-11-18(9-10-19(18,22)23)17(26)16-14(20)3-2-4-15(16)21/h2-8,17,24-25H,9-11H2,1H3. The molecule has 1 saturated carbocycles. The van der Waals surface area contributed by atoms with E-state index >= 15 is 0 Å². The Labute approximate surface area is 178 Å². The first-order valence-electron chi connectivity index (χ1n) is 9.00. The fraction of sp³-hybridized carbons (Fsp3) is 0.368. The number of halogens is 4. The minimum absolute atomic E-state index is 0.0391. The van der Waals surface area contributed by atoms with Gasteiger partial charge in [-0.1, -0.05) is 47.0 Å². The van der Waals surface area contributed by atoms with Crippen LogP contribution in [0.2, 0.25) is 10.0 Å². The molecule has 5 nitrogen and oxygen atoms in total. The van der Waals surface area contributed by atoms with Gasteiger partial charge in [-0.2, -0.15) is 5.53 Å². The van der Waals surface area contributed by atoms with Crippen molar-refractivity contribution in [2.45, 2.75) is 36.6 Å². The molecule has 2 aromatic rings. The first kappa shape index (κ1) is 21.0. The summed E-state index contributed by atoms with van der Waals surface area (Å²) in [6.45, 7) is 1.81. The highest BCUT2D eigenvalue weighted by Crippen LogP contribution is 2.68. The predicted octanol–water partition coefficient (Wildman–Crippen LogP) is 4.47. The quantitative estimate of drug-likeness (QED) is 0.644. The normalized spacial score (nSPS) is 26.2. The summed E-state index contributed by atoms with van der Waals surface area (Å²) in [5.41, 5.74) is 2.54. The Kier molecular flexibility index (Phi) is 5.16. The van der Waals surface area contributed by atoms with E-state index in [1.54, 1.807) is 30.3 Å². The average molecular weight is 462 g/mol. The van der Waals surface area contributed by atoms with Crippen molar-refractivity contribution in [2.75, 3.05) is 6.54 Å². The second kappa shape index (κ2) is 7.14. The lowest BCUT2D eigenvalue weighted by Crippen LogP contribution is -2.75. The van der Waals surface area contributed by atoms with Gasteiger partial charge < -0.3 is 0 Å². The van der Waals surface area contributed by atoms with E-state index in [4.69, 9.17) is 23.2 Å². The second-order valence-corrected chi connectivity index (χ2v) is 10.1. The van der Waals surface area contributed by atoms with Crippen molar-refractivity contribution < 1.29 is 17.2 Å². The molecular weight excluding hydrogens is 443 g/mol. The highest BCUT2D eigenvalue weighted by Gasteiger charge is 2.73. The molecule has 1 saturated heterocycles. The molecule has 2 fully saturated rings. The van der Waals surface area contributed by atoms with E-state index in [0.717, 1.165) is 5.56 Å². The summed E-state index contributed by atoms with van der Waals surface area (Å²) in [4.78, 5) is 2.33. The summed E-state index contributed by atoms with van der Waals surface area (Å²) in [6, 6.07) is 10.2. The zero-order chi connectivity index (χ0) is 21.0. The van der Waals surface area contributed by atoms with Crippen molar-refractivity contribution in [3.63, 3.8) is 0 Å². The van der Waals surface area contributed by atoms with Crippen molar-refractivity contribution in [1.29, 1.82) is 0 Å². The van der Waals surface area contributed by atoms with E-state index in [9.17, 15) is 17.2 Å². The Morgan fingerprint density at radius 2 is 1.69 bits per heavy atom. The van der Waals surface area contributed by atoms with Crippen LogP contribution >= 0.6 is 23.2 Å². The Bertz CT molecular complexity index is 1030. The van der Waals surface area contributed by atoms with Crippen LogP contribution in [0.3, 0.4) is 0 Å². The molecule has 2 N–H and O–H groups in total. The summed E-state index contributed by atoms with van der Waals surface area (Å²) in [7, 11) is -3.89. The molecule has 4 rings (SSSR count). The molecule has 0 bridgehead atoms. The highest BCUT2D eigenvalue weighted by atomic mass is 35.5. The van der Waals surface area contributed by atoms with Gasteiger partial charge in [-0.05, 0) is 37.6 Å². The molecule has 0 amide bonds. The summed E-state index contributed by atoms with van der Waals surface area (Å²) in [6.07, 6.45) is 0.0869. The molecule has 2 unspecified atom stereocenters. The number of hydrazine groups is 2. The fourth-order valence-electron chi connectivity index (χ4n) is 4.04. The summed E-state index contributed by atoms with van der Waals surface area (Å²) in [5.74, 6) is -2.88. The zero-order valence-corrected chi connectivity index (χ0v) is 17.8. The van der Waals surface area contributed by atoms with Gasteiger partial charge in [0.25, 0.3) is 15.9 Å². The lowest BCUT2D eigenvalue weighted by Gasteiger charge is -2.65. The van der Waals surface area contributed by atoms with E-state index < -0.39 is 27.4 Å². The molecule has 1 aliphatic heterocycles. The van der Waals surface area contributed by atoms with Gasteiger partial charge in [-0.15, -0.1) is 4.83 Å². The maximum absolute atomic E-state index is 14.5. The van der Waals surface area contributed by atoms with Crippen LogP contribution in [0.1, 0.15) is 30.0 Å². The summed E-state index contributed by atoms with van der Waals surface area (Å²) < 4.78 is 54.1. The summed E-state index contributed by atoms with van der Waals surface area (Å²) >= 11 is 12.6. The third kappa shape index (κ3) is 3.36. The number of nitrogens with one attached hydrogen (secondary N) is 2. The molecule has 10 heteroatoms. The summed E-state index contributed by atoms with van der Waals surface area (Å²) in [5, 5.41) is 1.93. The third-order valence-corrected chi connectivity index (χ3v) is 7.74. The number of hydrogen-bond acceptors (Lipinski definition) is 4. The molecular formula is C19H19Cl2F2N3O2S. The van der Waals surface area contributed by atoms with Gasteiger partial charge in [0.05, 0.1) is 16.4 Å². The van der Waals surface area contributed by atoms with E-state index in [1.165, 1.54) is 17.1 Å². The first-order chi connectivity index (χ1) is 13.6. The Morgan fingerprint density at radius 1 is 1.07 bits per heavy atom. The van der Waals surface area contributed by atoms with Crippen LogP contribution < -0.4 is 10.4 Å². The Hall–Kier alpha value is -1.29. The van der Waals surface area contributed by atoms with Gasteiger partial charge >= 0.3 is 0 Å². The molecule has 1 aliphatic carbocycles. The number of nitrogens with zero attached hydrogens (tertiary/aromatic N) is 1. The largest absolute Gasteiger partial charge is 0.256 e. The number of alkyl halides is 2. The van der Waals surface area contributed by atoms with Gasteiger partial charge in [-0.3, -0.25) is 0 Å². The van der Waals surface area contributed by atoms with E-state index in [1.807, 2.05) is 6.92 Å². The maximum atomic E-state index is 14.5. The van der Waals surface area contributed by atoms with Crippen LogP contribution in [0.25, 0.3) is 0 Å². The van der Waals surface area contributed by atoms with Crippen LogP contribution in [0.15, 0.2) is 47.4 Å². The van der Waals surface area contributed by atoms with Crippen LogP contribution in [0, 0.1) is 12.3 Å². The molecule has 1 spiro atoms. The number of rotatable bonds is 5. The smallest absolute Gasteiger partial charge is 0.221 e. The molecule has 156 valence electrons. The average Bonchev–Trinajstić information content (AvgIpc) is 2.63. The lowest BCUT2D eigenvalue weighted by atomic mass is 9.54. The van der Waals surface area contributed by atoms with Crippen molar-refractivity contribution in [1.82, 2.24) is 15.4 Å². The minimum atomic E-state index is -3.89. The van der Waals surface area contributed by atoms with E-state index in [0.29, 0.717) is 12.0 Å². The highest BCUT2D eigenvalue weighted by molar-refractivity contribution is 7.89. The van der Waals surface area contributed by atoms with E-state index in [-0.39, 0.29) is 27.9 Å². The van der Waals surface area contributed by atoms with Gasteiger partial charge in [0.15, 0.2) is 0 Å². The molecule has 1 heterocycles. The van der Waals surface area contributed by atoms with Crippen LogP contribution in [0.5, 0.6) is 0 Å². The van der Waals surface area contributed by atoms with Crippen LogP contribution in [0.4, 0.5) is 8.78 Å². The number of hydrogen-bond donors (Lipinski definition) is 2. The third-order valence-electron chi connectivity index (χ3n) is 5.83. The van der Waals surface area contributed by atoms with Crippen LogP contribution in [-0.4, -0.2) is 25.9 Å². The number of benzene rings is 2. The monoisotopic (exact) mass is 461 g/mol. The Morgan fingerprint density at radius 3 is 2.21 bits per heavy atom. The van der Waals surface area contributed by atoms with Gasteiger partial charge in [-0.25, -0.2) is 22.2 Å². The molecule has 0 aromatic heterocycles. The SMILES string of the molecule is Cc1ccc(S(=O)(=O)NNN2CC3(CCC3(F)F)C2c2c(Cl)cccc2Cl)cc1. The first-order valence-corrected chi connectivity index (χ1v) is 11.2. The molecule has 0 radical (unpaired) electrons. The second-order valence-electron chi connectivity index (χ2n) is 7.56. The van der Waals surface area contributed by atoms with Gasteiger partial charge in [0.1, 0.15) is 0 Å². The zero-order valence-electron chi connectivity index (χ0n) is 15.4. The van der Waals surface area contributed by atoms with Crippen molar-refractivity contribution in [3.8, 4) is 0 Å². The number of sulfonamides is 1. The molecule has 2 aromatic carbocycles. The Balaban J connectivity index is 1.60.